The zero-order chi connectivity index (χ0) is 24.9. The van der Waals surface area contributed by atoms with E-state index >= 15 is 0 Å². The Morgan fingerprint density at radius 3 is 2.71 bits per heavy atom. The zero-order valence-corrected chi connectivity index (χ0v) is 21.2. The molecule has 2 aliphatic rings. The third-order valence-electron chi connectivity index (χ3n) is 6.72. The Bertz CT molecular complexity index is 1140. The lowest BCUT2D eigenvalue weighted by atomic mass is 9.90. The number of nitrogens with two attached hydrogens (primary N) is 1. The Kier molecular flexibility index (Phi) is 7.60. The number of aryl methyl sites for hydroxylation is 1. The van der Waals surface area contributed by atoms with Gasteiger partial charge in [-0.3, -0.25) is 5.43 Å². The summed E-state index contributed by atoms with van der Waals surface area (Å²) in [4.78, 5) is 17.3. The van der Waals surface area contributed by atoms with Crippen LogP contribution in [0, 0.1) is 0 Å². The molecule has 0 spiro atoms. The maximum absolute atomic E-state index is 12.9. The van der Waals surface area contributed by atoms with Crippen molar-refractivity contribution in [1.29, 1.82) is 0 Å². The van der Waals surface area contributed by atoms with E-state index < -0.39 is 5.97 Å². The molecule has 0 unspecified atom stereocenters. The van der Waals surface area contributed by atoms with Gasteiger partial charge in [0.15, 0.2) is 11.4 Å². The largest absolute Gasteiger partial charge is 0.494 e. The SMILES string of the molecule is C=C(/C(=N/Nc1cc2c3c(c1OC)CCCN3CCC2)C(=O)OCC)N(C)c1ccccc1[NH2+]C. The summed E-state index contributed by atoms with van der Waals surface area (Å²) in [5.41, 5.74) is 10.2. The van der Waals surface area contributed by atoms with E-state index in [0.717, 1.165) is 61.6 Å². The van der Waals surface area contributed by atoms with Crippen molar-refractivity contribution in [2.45, 2.75) is 32.6 Å². The van der Waals surface area contributed by atoms with Gasteiger partial charge in [0.25, 0.3) is 0 Å². The lowest BCUT2D eigenvalue weighted by Crippen LogP contribution is -2.73. The van der Waals surface area contributed by atoms with Crippen LogP contribution in [0.4, 0.5) is 22.7 Å². The Morgan fingerprint density at radius 1 is 1.26 bits per heavy atom. The van der Waals surface area contributed by atoms with Crippen molar-refractivity contribution in [2.75, 3.05) is 56.1 Å². The predicted molar refractivity (Wildman–Crippen MR) is 141 cm³/mol. The van der Waals surface area contributed by atoms with Gasteiger partial charge in [0, 0.05) is 37.5 Å². The topological polar surface area (TPSA) is 83.0 Å². The molecule has 0 amide bonds. The number of nitrogens with zero attached hydrogens (tertiary/aromatic N) is 3. The van der Waals surface area contributed by atoms with Crippen molar-refractivity contribution < 1.29 is 19.6 Å². The van der Waals surface area contributed by atoms with E-state index in [9.17, 15) is 4.79 Å². The maximum Gasteiger partial charge on any atom is 0.360 e. The Labute approximate surface area is 207 Å². The number of carbonyl (C=O) groups is 1. The monoisotopic (exact) mass is 478 g/mol. The minimum absolute atomic E-state index is 0.121. The predicted octanol–water partition coefficient (Wildman–Crippen LogP) is 3.20. The van der Waals surface area contributed by atoms with Gasteiger partial charge < -0.3 is 24.6 Å². The molecule has 4 rings (SSSR count). The van der Waals surface area contributed by atoms with Crippen LogP contribution in [0.1, 0.15) is 30.9 Å². The van der Waals surface area contributed by atoms with Gasteiger partial charge in [0.2, 0.25) is 0 Å². The minimum Gasteiger partial charge on any atom is -0.494 e. The van der Waals surface area contributed by atoms with Gasteiger partial charge in [-0.2, -0.15) is 5.10 Å². The minimum atomic E-state index is -0.528. The number of para-hydroxylation sites is 2. The van der Waals surface area contributed by atoms with Crippen LogP contribution in [0.2, 0.25) is 0 Å². The van der Waals surface area contributed by atoms with E-state index in [2.05, 4.69) is 28.1 Å². The lowest BCUT2D eigenvalue weighted by molar-refractivity contribution is -0.538. The molecule has 186 valence electrons. The van der Waals surface area contributed by atoms with E-state index in [1.54, 1.807) is 14.0 Å². The third kappa shape index (κ3) is 4.84. The summed E-state index contributed by atoms with van der Waals surface area (Å²) in [5, 5.41) is 6.55. The molecule has 0 saturated heterocycles. The van der Waals surface area contributed by atoms with Gasteiger partial charge in [0.1, 0.15) is 11.4 Å². The lowest BCUT2D eigenvalue weighted by Gasteiger charge is -2.38. The molecule has 2 aromatic rings. The zero-order valence-electron chi connectivity index (χ0n) is 21.2. The standard InChI is InChI=1S/C27H35N5O3/c1-6-35-27(33)24(18(2)31(4)23-14-8-7-13-21(23)28-3)30-29-22-17-19-11-9-15-32-16-10-12-20(25(19)32)26(22)34-5/h7-8,13-14,17,28-29H,2,6,9-12,15-16H2,1,3-5H3/p+1/b30-24-. The Balaban J connectivity index is 1.70. The van der Waals surface area contributed by atoms with Gasteiger partial charge >= 0.3 is 5.97 Å². The van der Waals surface area contributed by atoms with Crippen molar-refractivity contribution in [2.24, 2.45) is 5.10 Å². The number of benzene rings is 2. The number of hydrazone groups is 1. The second-order valence-electron chi connectivity index (χ2n) is 8.78. The quantitative estimate of drug-likeness (QED) is 0.249. The molecule has 35 heavy (non-hydrogen) atoms. The summed E-state index contributed by atoms with van der Waals surface area (Å²) < 4.78 is 11.2. The smallest absolute Gasteiger partial charge is 0.360 e. The van der Waals surface area contributed by atoms with Crippen LogP contribution in [0.3, 0.4) is 0 Å². The molecule has 0 aliphatic carbocycles. The van der Waals surface area contributed by atoms with Gasteiger partial charge in [-0.1, -0.05) is 18.7 Å². The van der Waals surface area contributed by atoms with E-state index in [1.807, 2.05) is 48.6 Å². The van der Waals surface area contributed by atoms with E-state index in [4.69, 9.17) is 9.47 Å². The number of nitrogens with one attached hydrogen (secondary N) is 1. The molecule has 0 fully saturated rings. The van der Waals surface area contributed by atoms with E-state index in [-0.39, 0.29) is 12.3 Å². The molecule has 0 atom stereocenters. The van der Waals surface area contributed by atoms with Crippen LogP contribution in [0.25, 0.3) is 0 Å². The molecule has 2 aromatic carbocycles. The molecule has 3 N–H and O–H groups in total. The number of methoxy groups -OCH3 is 1. The Morgan fingerprint density at radius 2 is 2.00 bits per heavy atom. The molecule has 0 bridgehead atoms. The fourth-order valence-corrected chi connectivity index (χ4v) is 5.03. The molecule has 2 aliphatic heterocycles. The van der Waals surface area contributed by atoms with Crippen molar-refractivity contribution in [1.82, 2.24) is 0 Å². The molecular formula is C27H36N5O3+. The first-order valence-corrected chi connectivity index (χ1v) is 12.3. The number of rotatable bonds is 9. The number of hydrogen-bond acceptors (Lipinski definition) is 7. The van der Waals surface area contributed by atoms with Crippen LogP contribution < -0.4 is 25.3 Å². The average Bonchev–Trinajstić information content (AvgIpc) is 2.88. The first kappa shape index (κ1) is 24.6. The number of ether oxygens (including phenoxy) is 2. The Hall–Kier alpha value is -3.52. The van der Waals surface area contributed by atoms with Crippen LogP contribution in [0.15, 0.2) is 47.7 Å². The highest BCUT2D eigenvalue weighted by molar-refractivity contribution is 6.44. The summed E-state index contributed by atoms with van der Waals surface area (Å²) in [6.07, 6.45) is 4.21. The molecule has 8 heteroatoms. The van der Waals surface area contributed by atoms with Gasteiger partial charge in [-0.15, -0.1) is 0 Å². The first-order valence-electron chi connectivity index (χ1n) is 12.3. The molecule has 8 nitrogen and oxygen atoms in total. The fraction of sp³-hybridized carbons (Fsp3) is 0.407. The second kappa shape index (κ2) is 10.8. The number of quaternary nitrogens is 1. The first-order chi connectivity index (χ1) is 17.0. The third-order valence-corrected chi connectivity index (χ3v) is 6.72. The number of hydrogen-bond donors (Lipinski definition) is 2. The highest BCUT2D eigenvalue weighted by Crippen LogP contribution is 2.44. The van der Waals surface area contributed by atoms with Crippen LogP contribution >= 0.6 is 0 Å². The fourth-order valence-electron chi connectivity index (χ4n) is 5.03. The maximum atomic E-state index is 12.9. The highest BCUT2D eigenvalue weighted by atomic mass is 16.5. The van der Waals surface area contributed by atoms with Crippen molar-refractivity contribution in [3.63, 3.8) is 0 Å². The van der Waals surface area contributed by atoms with Gasteiger partial charge in [-0.25, -0.2) is 4.79 Å². The highest BCUT2D eigenvalue weighted by Gasteiger charge is 2.29. The van der Waals surface area contributed by atoms with Crippen LogP contribution in [-0.4, -0.2) is 52.6 Å². The summed E-state index contributed by atoms with van der Waals surface area (Å²) in [6, 6.07) is 10.0. The molecule has 0 aromatic heterocycles. The number of carbonyl (C=O) groups excluding carboxylic acids is 1. The second-order valence-corrected chi connectivity index (χ2v) is 8.78. The number of anilines is 3. The molecule has 0 saturated carbocycles. The van der Waals surface area contributed by atoms with Crippen molar-refractivity contribution >= 4 is 34.4 Å². The van der Waals surface area contributed by atoms with Gasteiger partial charge in [0.05, 0.1) is 32.1 Å². The summed E-state index contributed by atoms with van der Waals surface area (Å²) in [6.45, 7) is 8.39. The number of esters is 1. The summed E-state index contributed by atoms with van der Waals surface area (Å²) in [5.74, 6) is 0.256. The van der Waals surface area contributed by atoms with E-state index in [0.29, 0.717) is 5.70 Å². The van der Waals surface area contributed by atoms with Crippen LogP contribution in [0.5, 0.6) is 5.75 Å². The average molecular weight is 479 g/mol. The summed E-state index contributed by atoms with van der Waals surface area (Å²) in [7, 11) is 5.54. The van der Waals surface area contributed by atoms with Crippen molar-refractivity contribution in [3.8, 4) is 5.75 Å². The molecule has 0 radical (unpaired) electrons. The summed E-state index contributed by atoms with van der Waals surface area (Å²) >= 11 is 0. The van der Waals surface area contributed by atoms with Crippen LogP contribution in [-0.2, 0) is 22.4 Å². The molecule has 2 heterocycles. The van der Waals surface area contributed by atoms with Gasteiger partial charge in [-0.05, 0) is 50.3 Å². The normalized spacial score (nSPS) is 14.7. The molecular weight excluding hydrogens is 442 g/mol. The van der Waals surface area contributed by atoms with Crippen molar-refractivity contribution in [3.05, 3.63) is 53.7 Å². The van der Waals surface area contributed by atoms with E-state index in [1.165, 1.54) is 16.8 Å².